The standard InChI is InChI=1S/C19H22N4O6S/c1-14(15-3-5-16(28-2)6-4-15)20-21-18-8-7-17(13-19(18)23(24)25)30(26,27)22-9-11-29-12-10-22/h3-8,13,21H,9-12H2,1-2H3/b20-14-. The Balaban J connectivity index is 1.85. The van der Waals surface area contributed by atoms with Crippen molar-refractivity contribution < 1.29 is 22.8 Å². The van der Waals surface area contributed by atoms with E-state index in [9.17, 15) is 18.5 Å². The maximum Gasteiger partial charge on any atom is 0.295 e. The summed E-state index contributed by atoms with van der Waals surface area (Å²) in [5.74, 6) is 0.701. The molecule has 0 bridgehead atoms. The van der Waals surface area contributed by atoms with E-state index >= 15 is 0 Å². The summed E-state index contributed by atoms with van der Waals surface area (Å²) < 4.78 is 37.1. The molecule has 0 unspecified atom stereocenters. The van der Waals surface area contributed by atoms with Gasteiger partial charge < -0.3 is 9.47 Å². The molecule has 0 spiro atoms. The number of benzene rings is 2. The van der Waals surface area contributed by atoms with Crippen molar-refractivity contribution in [3.05, 3.63) is 58.1 Å². The van der Waals surface area contributed by atoms with Gasteiger partial charge >= 0.3 is 0 Å². The predicted molar refractivity (Wildman–Crippen MR) is 112 cm³/mol. The second-order valence-electron chi connectivity index (χ2n) is 6.49. The van der Waals surface area contributed by atoms with Gasteiger partial charge in [-0.2, -0.15) is 9.41 Å². The highest BCUT2D eigenvalue weighted by Gasteiger charge is 2.28. The summed E-state index contributed by atoms with van der Waals surface area (Å²) in [6, 6.07) is 10.9. The maximum absolute atomic E-state index is 12.8. The van der Waals surface area contributed by atoms with Crippen LogP contribution in [-0.2, 0) is 14.8 Å². The summed E-state index contributed by atoms with van der Waals surface area (Å²) in [7, 11) is -2.27. The molecule has 0 aromatic heterocycles. The molecular formula is C19H22N4O6S. The van der Waals surface area contributed by atoms with Crippen LogP contribution in [0, 0.1) is 10.1 Å². The van der Waals surface area contributed by atoms with Crippen LogP contribution in [0.25, 0.3) is 0 Å². The highest BCUT2D eigenvalue weighted by atomic mass is 32.2. The first-order valence-electron chi connectivity index (χ1n) is 9.14. The highest BCUT2D eigenvalue weighted by molar-refractivity contribution is 7.89. The quantitative estimate of drug-likeness (QED) is 0.403. The molecule has 0 saturated carbocycles. The lowest BCUT2D eigenvalue weighted by atomic mass is 10.1. The highest BCUT2D eigenvalue weighted by Crippen LogP contribution is 2.29. The number of morpholine rings is 1. The van der Waals surface area contributed by atoms with Gasteiger partial charge in [0.05, 0.1) is 35.9 Å². The number of hydrogen-bond acceptors (Lipinski definition) is 8. The molecule has 1 aliphatic rings. The van der Waals surface area contributed by atoms with E-state index in [1.165, 1.54) is 16.4 Å². The number of anilines is 1. The summed E-state index contributed by atoms with van der Waals surface area (Å²) in [6.45, 7) is 2.75. The number of hydrazone groups is 1. The SMILES string of the molecule is COc1ccc(/C(C)=N\Nc2ccc(S(=O)(=O)N3CCOCC3)cc2[N+](=O)[O-])cc1. The van der Waals surface area contributed by atoms with Crippen LogP contribution in [-0.4, -0.2) is 56.8 Å². The molecule has 1 saturated heterocycles. The number of nitro groups is 1. The molecule has 0 aliphatic carbocycles. The fourth-order valence-electron chi connectivity index (χ4n) is 2.89. The molecule has 3 rings (SSSR count). The monoisotopic (exact) mass is 434 g/mol. The summed E-state index contributed by atoms with van der Waals surface area (Å²) in [4.78, 5) is 10.8. The minimum atomic E-state index is -3.84. The molecule has 30 heavy (non-hydrogen) atoms. The van der Waals surface area contributed by atoms with E-state index in [4.69, 9.17) is 9.47 Å². The van der Waals surface area contributed by atoms with E-state index in [2.05, 4.69) is 10.5 Å². The lowest BCUT2D eigenvalue weighted by molar-refractivity contribution is -0.384. The summed E-state index contributed by atoms with van der Waals surface area (Å²) >= 11 is 0. The molecule has 1 N–H and O–H groups in total. The third kappa shape index (κ3) is 4.75. The van der Waals surface area contributed by atoms with Crippen molar-refractivity contribution >= 4 is 27.1 Å². The number of nitrogens with zero attached hydrogens (tertiary/aromatic N) is 3. The van der Waals surface area contributed by atoms with Gasteiger partial charge in [-0.1, -0.05) is 0 Å². The van der Waals surface area contributed by atoms with Gasteiger partial charge in [-0.3, -0.25) is 15.5 Å². The van der Waals surface area contributed by atoms with Crippen molar-refractivity contribution in [3.63, 3.8) is 0 Å². The third-order valence-electron chi connectivity index (χ3n) is 4.63. The van der Waals surface area contributed by atoms with Crippen LogP contribution >= 0.6 is 0 Å². The minimum absolute atomic E-state index is 0.0915. The van der Waals surface area contributed by atoms with Crippen molar-refractivity contribution in [2.75, 3.05) is 38.8 Å². The Labute approximate surface area is 174 Å². The molecule has 1 heterocycles. The van der Waals surface area contributed by atoms with Gasteiger partial charge in [-0.25, -0.2) is 8.42 Å². The largest absolute Gasteiger partial charge is 0.497 e. The minimum Gasteiger partial charge on any atom is -0.497 e. The van der Waals surface area contributed by atoms with Gasteiger partial charge in [0.2, 0.25) is 10.0 Å². The normalized spacial score (nSPS) is 15.6. The van der Waals surface area contributed by atoms with E-state index in [1.54, 1.807) is 26.2 Å². The Kier molecular flexibility index (Phi) is 6.65. The maximum atomic E-state index is 12.8. The van der Waals surface area contributed by atoms with Gasteiger partial charge in [0.15, 0.2) is 0 Å². The Morgan fingerprint density at radius 3 is 2.47 bits per heavy atom. The zero-order valence-corrected chi connectivity index (χ0v) is 17.4. The molecule has 2 aromatic rings. The van der Waals surface area contributed by atoms with Crippen molar-refractivity contribution in [3.8, 4) is 5.75 Å². The summed E-state index contributed by atoms with van der Waals surface area (Å²) in [5.41, 5.74) is 3.78. The fraction of sp³-hybridized carbons (Fsp3) is 0.316. The van der Waals surface area contributed by atoms with Crippen molar-refractivity contribution in [1.29, 1.82) is 0 Å². The Morgan fingerprint density at radius 2 is 1.87 bits per heavy atom. The predicted octanol–water partition coefficient (Wildman–Crippen LogP) is 2.46. The molecule has 160 valence electrons. The van der Waals surface area contributed by atoms with Crippen LogP contribution in [0.3, 0.4) is 0 Å². The van der Waals surface area contributed by atoms with Gasteiger partial charge in [0.25, 0.3) is 5.69 Å². The van der Waals surface area contributed by atoms with E-state index in [-0.39, 0.29) is 29.4 Å². The first-order valence-corrected chi connectivity index (χ1v) is 10.6. The van der Waals surface area contributed by atoms with Gasteiger partial charge in [-0.15, -0.1) is 0 Å². The van der Waals surface area contributed by atoms with Gasteiger partial charge in [0, 0.05) is 19.2 Å². The summed E-state index contributed by atoms with van der Waals surface area (Å²) in [6.07, 6.45) is 0. The molecule has 1 aliphatic heterocycles. The topological polar surface area (TPSA) is 123 Å². The Morgan fingerprint density at radius 1 is 1.20 bits per heavy atom. The number of hydrogen-bond donors (Lipinski definition) is 1. The summed E-state index contributed by atoms with van der Waals surface area (Å²) in [5, 5.41) is 15.7. The lowest BCUT2D eigenvalue weighted by Crippen LogP contribution is -2.40. The average Bonchev–Trinajstić information content (AvgIpc) is 2.77. The van der Waals surface area contributed by atoms with Gasteiger partial charge in [0.1, 0.15) is 11.4 Å². The van der Waals surface area contributed by atoms with Crippen LogP contribution < -0.4 is 10.2 Å². The van der Waals surface area contributed by atoms with Crippen LogP contribution in [0.5, 0.6) is 5.75 Å². The number of rotatable bonds is 7. The average molecular weight is 434 g/mol. The van der Waals surface area contributed by atoms with Crippen LogP contribution in [0.1, 0.15) is 12.5 Å². The molecule has 10 nitrogen and oxygen atoms in total. The number of methoxy groups -OCH3 is 1. The molecule has 0 atom stereocenters. The molecule has 1 fully saturated rings. The van der Waals surface area contributed by atoms with Gasteiger partial charge in [-0.05, 0) is 48.9 Å². The van der Waals surface area contributed by atoms with E-state index in [0.29, 0.717) is 24.7 Å². The van der Waals surface area contributed by atoms with Crippen LogP contribution in [0.2, 0.25) is 0 Å². The first kappa shape index (κ1) is 21.7. The van der Waals surface area contributed by atoms with Crippen LogP contribution in [0.15, 0.2) is 52.5 Å². The number of sulfonamides is 1. The molecule has 11 heteroatoms. The molecule has 0 amide bonds. The van der Waals surface area contributed by atoms with E-state index < -0.39 is 14.9 Å². The molecular weight excluding hydrogens is 412 g/mol. The van der Waals surface area contributed by atoms with E-state index in [1.807, 2.05) is 12.1 Å². The number of nitro benzene ring substituents is 1. The first-order chi connectivity index (χ1) is 14.3. The Hall–Kier alpha value is -3.02. The zero-order valence-electron chi connectivity index (χ0n) is 16.6. The Bertz CT molecular complexity index is 1050. The second-order valence-corrected chi connectivity index (χ2v) is 8.43. The van der Waals surface area contributed by atoms with Crippen molar-refractivity contribution in [2.24, 2.45) is 5.10 Å². The number of ether oxygens (including phenoxy) is 2. The zero-order chi connectivity index (χ0) is 21.7. The van der Waals surface area contributed by atoms with Crippen LogP contribution in [0.4, 0.5) is 11.4 Å². The fourth-order valence-corrected chi connectivity index (χ4v) is 4.32. The lowest BCUT2D eigenvalue weighted by Gasteiger charge is -2.26. The number of nitrogens with one attached hydrogen (secondary N) is 1. The van der Waals surface area contributed by atoms with Crippen molar-refractivity contribution in [1.82, 2.24) is 4.31 Å². The second kappa shape index (κ2) is 9.20. The molecule has 2 aromatic carbocycles. The van der Waals surface area contributed by atoms with Crippen molar-refractivity contribution in [2.45, 2.75) is 11.8 Å². The third-order valence-corrected chi connectivity index (χ3v) is 6.52. The smallest absolute Gasteiger partial charge is 0.295 e. The van der Waals surface area contributed by atoms with E-state index in [0.717, 1.165) is 11.6 Å². The molecule has 0 radical (unpaired) electrons.